The number of rotatable bonds is 6. The van der Waals surface area contributed by atoms with Crippen LogP contribution in [0, 0.1) is 0 Å². The Morgan fingerprint density at radius 1 is 1.53 bits per heavy atom. The first-order valence-corrected chi connectivity index (χ1v) is 5.92. The van der Waals surface area contributed by atoms with Gasteiger partial charge in [0.05, 0.1) is 12.7 Å². The topological polar surface area (TPSA) is 43.7 Å². The van der Waals surface area contributed by atoms with Gasteiger partial charge in [-0.25, -0.2) is 0 Å². The third-order valence-corrected chi connectivity index (χ3v) is 2.85. The fourth-order valence-electron chi connectivity index (χ4n) is 1.65. The largest absolute Gasteiger partial charge is 0.395 e. The van der Waals surface area contributed by atoms with Crippen molar-refractivity contribution in [2.45, 2.75) is 13.0 Å². The maximum Gasteiger partial charge on any atom is 0.0776 e. The molecule has 0 saturated heterocycles. The standard InChI is InChI=1S/C13H18ClNO2/c1-3-6-15(7-8-16)11-4-5-12(10(2)17)13(14)9-11/h3-5,9-10,16-17H,1,6-8H2,2H3. The minimum Gasteiger partial charge on any atom is -0.395 e. The highest BCUT2D eigenvalue weighted by atomic mass is 35.5. The summed E-state index contributed by atoms with van der Waals surface area (Å²) in [4.78, 5) is 1.96. The van der Waals surface area contributed by atoms with E-state index in [2.05, 4.69) is 6.58 Å². The molecule has 3 nitrogen and oxygen atoms in total. The molecule has 1 rings (SSSR count). The van der Waals surface area contributed by atoms with E-state index in [1.54, 1.807) is 25.1 Å². The van der Waals surface area contributed by atoms with Crippen molar-refractivity contribution in [1.82, 2.24) is 0 Å². The van der Waals surface area contributed by atoms with Gasteiger partial charge in [0.2, 0.25) is 0 Å². The fraction of sp³-hybridized carbons (Fsp3) is 0.385. The zero-order valence-electron chi connectivity index (χ0n) is 9.93. The molecule has 17 heavy (non-hydrogen) atoms. The van der Waals surface area contributed by atoms with Crippen molar-refractivity contribution in [3.05, 3.63) is 41.4 Å². The van der Waals surface area contributed by atoms with E-state index < -0.39 is 6.10 Å². The number of nitrogens with zero attached hydrogens (tertiary/aromatic N) is 1. The maximum atomic E-state index is 9.49. The Bertz CT molecular complexity index is 380. The van der Waals surface area contributed by atoms with E-state index in [4.69, 9.17) is 16.7 Å². The zero-order valence-corrected chi connectivity index (χ0v) is 10.7. The molecule has 0 fully saturated rings. The van der Waals surface area contributed by atoms with E-state index in [-0.39, 0.29) is 6.61 Å². The summed E-state index contributed by atoms with van der Waals surface area (Å²) in [6, 6.07) is 5.48. The van der Waals surface area contributed by atoms with Gasteiger partial charge in [0, 0.05) is 23.8 Å². The molecule has 0 aromatic heterocycles. The Balaban J connectivity index is 2.97. The van der Waals surface area contributed by atoms with Crippen molar-refractivity contribution in [1.29, 1.82) is 0 Å². The molecule has 1 atom stereocenters. The summed E-state index contributed by atoms with van der Waals surface area (Å²) < 4.78 is 0. The van der Waals surface area contributed by atoms with E-state index in [1.165, 1.54) is 0 Å². The van der Waals surface area contributed by atoms with Gasteiger partial charge in [0.25, 0.3) is 0 Å². The van der Waals surface area contributed by atoms with E-state index in [1.807, 2.05) is 11.0 Å². The average Bonchev–Trinajstić information content (AvgIpc) is 2.28. The van der Waals surface area contributed by atoms with Gasteiger partial charge in [-0.3, -0.25) is 0 Å². The number of hydrogen-bond acceptors (Lipinski definition) is 3. The van der Waals surface area contributed by atoms with Crippen molar-refractivity contribution in [3.8, 4) is 0 Å². The van der Waals surface area contributed by atoms with Crippen molar-refractivity contribution in [2.75, 3.05) is 24.6 Å². The first kappa shape index (κ1) is 14.0. The number of benzene rings is 1. The van der Waals surface area contributed by atoms with Gasteiger partial charge >= 0.3 is 0 Å². The third kappa shape index (κ3) is 3.73. The second-order valence-corrected chi connectivity index (χ2v) is 4.25. The van der Waals surface area contributed by atoms with Crippen LogP contribution in [-0.2, 0) is 0 Å². The Labute approximate surface area is 107 Å². The van der Waals surface area contributed by atoms with Crippen LogP contribution >= 0.6 is 11.6 Å². The summed E-state index contributed by atoms with van der Waals surface area (Å²) >= 11 is 6.09. The second-order valence-electron chi connectivity index (χ2n) is 3.84. The Morgan fingerprint density at radius 2 is 2.24 bits per heavy atom. The highest BCUT2D eigenvalue weighted by Gasteiger charge is 2.10. The minimum atomic E-state index is -0.581. The summed E-state index contributed by atoms with van der Waals surface area (Å²) in [7, 11) is 0. The molecule has 0 spiro atoms. The van der Waals surface area contributed by atoms with Crippen LogP contribution in [0.4, 0.5) is 5.69 Å². The van der Waals surface area contributed by atoms with Gasteiger partial charge in [0.15, 0.2) is 0 Å². The zero-order chi connectivity index (χ0) is 12.8. The summed E-state index contributed by atoms with van der Waals surface area (Å²) in [6.07, 6.45) is 1.19. The number of aliphatic hydroxyl groups is 2. The van der Waals surface area contributed by atoms with E-state index in [0.29, 0.717) is 23.7 Å². The number of anilines is 1. The SMILES string of the molecule is C=CCN(CCO)c1ccc(C(C)O)c(Cl)c1. The predicted octanol–water partition coefficient (Wildman–Crippen LogP) is 2.38. The monoisotopic (exact) mass is 255 g/mol. The van der Waals surface area contributed by atoms with Crippen molar-refractivity contribution in [3.63, 3.8) is 0 Å². The molecule has 0 radical (unpaired) electrons. The first-order chi connectivity index (χ1) is 8.10. The Hall–Kier alpha value is -1.03. The van der Waals surface area contributed by atoms with Crippen LogP contribution in [0.5, 0.6) is 0 Å². The predicted molar refractivity (Wildman–Crippen MR) is 71.6 cm³/mol. The van der Waals surface area contributed by atoms with Crippen LogP contribution in [0.15, 0.2) is 30.9 Å². The molecule has 4 heteroatoms. The molecule has 0 aliphatic carbocycles. The first-order valence-electron chi connectivity index (χ1n) is 5.54. The van der Waals surface area contributed by atoms with E-state index >= 15 is 0 Å². The number of aliphatic hydroxyl groups excluding tert-OH is 2. The molecule has 2 N–H and O–H groups in total. The molecule has 1 unspecified atom stereocenters. The van der Waals surface area contributed by atoms with Crippen LogP contribution in [0.2, 0.25) is 5.02 Å². The fourth-order valence-corrected chi connectivity index (χ4v) is 1.99. The number of halogens is 1. The maximum absolute atomic E-state index is 9.49. The quantitative estimate of drug-likeness (QED) is 0.767. The molecular weight excluding hydrogens is 238 g/mol. The average molecular weight is 256 g/mol. The molecule has 0 heterocycles. The lowest BCUT2D eigenvalue weighted by Gasteiger charge is -2.23. The van der Waals surface area contributed by atoms with Crippen molar-refractivity contribution in [2.24, 2.45) is 0 Å². The molecule has 0 bridgehead atoms. The van der Waals surface area contributed by atoms with E-state index in [0.717, 1.165) is 5.69 Å². The lowest BCUT2D eigenvalue weighted by atomic mass is 10.1. The summed E-state index contributed by atoms with van der Waals surface area (Å²) in [6.45, 7) is 6.60. The molecule has 0 aliphatic rings. The van der Waals surface area contributed by atoms with Gasteiger partial charge in [-0.2, -0.15) is 0 Å². The Morgan fingerprint density at radius 3 is 2.71 bits per heavy atom. The Kier molecular flexibility index (Phi) is 5.48. The molecular formula is C13H18ClNO2. The minimum absolute atomic E-state index is 0.0730. The van der Waals surface area contributed by atoms with Gasteiger partial charge in [-0.1, -0.05) is 23.7 Å². The molecule has 1 aromatic carbocycles. The lowest BCUT2D eigenvalue weighted by molar-refractivity contribution is 0.199. The van der Waals surface area contributed by atoms with Gasteiger partial charge < -0.3 is 15.1 Å². The second kappa shape index (κ2) is 6.64. The normalized spacial score (nSPS) is 12.2. The van der Waals surface area contributed by atoms with Crippen LogP contribution in [-0.4, -0.2) is 29.9 Å². The van der Waals surface area contributed by atoms with Crippen LogP contribution < -0.4 is 4.90 Å². The molecule has 0 aliphatic heterocycles. The van der Waals surface area contributed by atoms with Gasteiger partial charge in [-0.05, 0) is 24.6 Å². The third-order valence-electron chi connectivity index (χ3n) is 2.52. The smallest absolute Gasteiger partial charge is 0.0776 e. The molecule has 94 valence electrons. The van der Waals surface area contributed by atoms with Crippen LogP contribution in [0.1, 0.15) is 18.6 Å². The summed E-state index contributed by atoms with van der Waals surface area (Å²) in [5.74, 6) is 0. The number of hydrogen-bond donors (Lipinski definition) is 2. The van der Waals surface area contributed by atoms with Gasteiger partial charge in [0.1, 0.15) is 0 Å². The molecule has 0 amide bonds. The summed E-state index contributed by atoms with van der Waals surface area (Å²) in [5.41, 5.74) is 1.62. The lowest BCUT2D eigenvalue weighted by Crippen LogP contribution is -2.26. The highest BCUT2D eigenvalue weighted by molar-refractivity contribution is 6.31. The molecule has 0 saturated carbocycles. The van der Waals surface area contributed by atoms with E-state index in [9.17, 15) is 5.11 Å². The highest BCUT2D eigenvalue weighted by Crippen LogP contribution is 2.27. The molecule has 1 aromatic rings. The van der Waals surface area contributed by atoms with Crippen LogP contribution in [0.3, 0.4) is 0 Å². The van der Waals surface area contributed by atoms with Crippen molar-refractivity contribution < 1.29 is 10.2 Å². The summed E-state index contributed by atoms with van der Waals surface area (Å²) in [5, 5.41) is 19.0. The van der Waals surface area contributed by atoms with Crippen LogP contribution in [0.25, 0.3) is 0 Å². The van der Waals surface area contributed by atoms with Crippen molar-refractivity contribution >= 4 is 17.3 Å². The van der Waals surface area contributed by atoms with Gasteiger partial charge in [-0.15, -0.1) is 6.58 Å².